The fraction of sp³-hybridized carbons (Fsp3) is 0.273. The maximum Gasteiger partial charge on any atom is 0.387 e. The summed E-state index contributed by atoms with van der Waals surface area (Å²) in [5, 5.41) is 0. The minimum Gasteiger partial charge on any atom is -0.435 e. The van der Waals surface area contributed by atoms with Crippen molar-refractivity contribution < 1.29 is 13.5 Å². The van der Waals surface area contributed by atoms with Gasteiger partial charge in [0.2, 0.25) is 0 Å². The topological polar surface area (TPSA) is 35.2 Å². The molecule has 4 heteroatoms. The van der Waals surface area contributed by atoms with Gasteiger partial charge >= 0.3 is 6.61 Å². The number of rotatable bonds is 5. The molecule has 0 aliphatic carbocycles. The molecule has 0 radical (unpaired) electrons. The molecular weight excluding hydrogens is 200 g/mol. The summed E-state index contributed by atoms with van der Waals surface area (Å²) in [6.45, 7) is 0.785. The van der Waals surface area contributed by atoms with Gasteiger partial charge in [-0.15, -0.1) is 6.58 Å². The van der Waals surface area contributed by atoms with Crippen LogP contribution in [0, 0.1) is 0 Å². The summed E-state index contributed by atoms with van der Waals surface area (Å²) in [4.78, 5) is 0. The predicted molar refractivity (Wildman–Crippen MR) is 54.8 cm³/mol. The van der Waals surface area contributed by atoms with Gasteiger partial charge in [-0.1, -0.05) is 18.2 Å². The van der Waals surface area contributed by atoms with Gasteiger partial charge in [0.25, 0.3) is 0 Å². The number of ether oxygens (including phenoxy) is 1. The Hall–Kier alpha value is -1.42. The second-order valence-corrected chi connectivity index (χ2v) is 3.08. The summed E-state index contributed by atoms with van der Waals surface area (Å²) in [5.41, 5.74) is 6.67. The number of halogens is 2. The van der Waals surface area contributed by atoms with Crippen molar-refractivity contribution in [3.05, 3.63) is 42.5 Å². The number of alkyl halides is 2. The molecule has 0 fully saturated rings. The molecular formula is C11H13F2NO. The number of benzene rings is 1. The van der Waals surface area contributed by atoms with Crippen LogP contribution >= 0.6 is 0 Å². The maximum absolute atomic E-state index is 11.8. The van der Waals surface area contributed by atoms with Crippen LogP contribution in [0.3, 0.4) is 0 Å². The third-order valence-electron chi connectivity index (χ3n) is 1.95. The lowest BCUT2D eigenvalue weighted by atomic mass is 10.1. The van der Waals surface area contributed by atoms with Crippen molar-refractivity contribution in [3.8, 4) is 5.75 Å². The van der Waals surface area contributed by atoms with Crippen molar-refractivity contribution in [2.45, 2.75) is 19.1 Å². The summed E-state index contributed by atoms with van der Waals surface area (Å²) >= 11 is 0. The summed E-state index contributed by atoms with van der Waals surface area (Å²) in [5.74, 6) is 0.138. The van der Waals surface area contributed by atoms with Gasteiger partial charge in [-0.2, -0.15) is 8.78 Å². The van der Waals surface area contributed by atoms with E-state index in [-0.39, 0.29) is 11.8 Å². The van der Waals surface area contributed by atoms with Crippen LogP contribution in [0.4, 0.5) is 8.78 Å². The zero-order valence-corrected chi connectivity index (χ0v) is 8.20. The van der Waals surface area contributed by atoms with E-state index in [1.54, 1.807) is 18.2 Å². The molecule has 1 rings (SSSR count). The first-order valence-corrected chi connectivity index (χ1v) is 4.54. The molecule has 2 nitrogen and oxygen atoms in total. The molecule has 2 N–H and O–H groups in total. The van der Waals surface area contributed by atoms with Crippen LogP contribution < -0.4 is 10.5 Å². The number of nitrogens with two attached hydrogens (primary N) is 1. The van der Waals surface area contributed by atoms with E-state index in [0.717, 1.165) is 5.56 Å². The van der Waals surface area contributed by atoms with E-state index in [9.17, 15) is 8.78 Å². The molecule has 0 bridgehead atoms. The van der Waals surface area contributed by atoms with Crippen molar-refractivity contribution in [1.29, 1.82) is 0 Å². The first-order chi connectivity index (χ1) is 7.13. The summed E-state index contributed by atoms with van der Waals surface area (Å²) in [6.07, 6.45) is 2.36. The van der Waals surface area contributed by atoms with Crippen molar-refractivity contribution in [2.75, 3.05) is 0 Å². The highest BCUT2D eigenvalue weighted by molar-refractivity contribution is 5.29. The Morgan fingerprint density at radius 1 is 1.33 bits per heavy atom. The molecule has 0 heterocycles. The van der Waals surface area contributed by atoms with Gasteiger partial charge in [-0.25, -0.2) is 0 Å². The van der Waals surface area contributed by atoms with E-state index in [4.69, 9.17) is 5.73 Å². The zero-order valence-electron chi connectivity index (χ0n) is 8.20. The average Bonchev–Trinajstić information content (AvgIpc) is 2.18. The van der Waals surface area contributed by atoms with Gasteiger partial charge in [0, 0.05) is 6.04 Å². The molecule has 1 aromatic carbocycles. The van der Waals surface area contributed by atoms with Crippen LogP contribution in [0.2, 0.25) is 0 Å². The molecule has 1 aromatic rings. The second-order valence-electron chi connectivity index (χ2n) is 3.08. The molecule has 15 heavy (non-hydrogen) atoms. The largest absolute Gasteiger partial charge is 0.435 e. The van der Waals surface area contributed by atoms with Gasteiger partial charge in [0.15, 0.2) is 0 Å². The summed E-state index contributed by atoms with van der Waals surface area (Å²) < 4.78 is 27.9. The molecule has 0 saturated carbocycles. The third kappa shape index (κ3) is 3.67. The number of hydrogen-bond acceptors (Lipinski definition) is 2. The highest BCUT2D eigenvalue weighted by Crippen LogP contribution is 2.19. The average molecular weight is 213 g/mol. The van der Waals surface area contributed by atoms with E-state index in [0.29, 0.717) is 6.42 Å². The fourth-order valence-corrected chi connectivity index (χ4v) is 1.21. The van der Waals surface area contributed by atoms with Crippen molar-refractivity contribution in [2.24, 2.45) is 5.73 Å². The third-order valence-corrected chi connectivity index (χ3v) is 1.95. The quantitative estimate of drug-likeness (QED) is 0.763. The Balaban J connectivity index is 2.67. The standard InChI is InChI=1S/C11H13F2NO/c1-2-3-10(14)8-4-6-9(7-5-8)15-11(12)13/h2,4-7,10-11H,1,3,14H2/t10-/m0/s1. The predicted octanol–water partition coefficient (Wildman–Crippen LogP) is 2.86. The van der Waals surface area contributed by atoms with E-state index >= 15 is 0 Å². The van der Waals surface area contributed by atoms with Gasteiger partial charge in [0.1, 0.15) is 5.75 Å². The lowest BCUT2D eigenvalue weighted by Gasteiger charge is -2.10. The summed E-state index contributed by atoms with van der Waals surface area (Å²) in [7, 11) is 0. The van der Waals surface area contributed by atoms with Crippen molar-refractivity contribution >= 4 is 0 Å². The van der Waals surface area contributed by atoms with Gasteiger partial charge in [0.05, 0.1) is 0 Å². The highest BCUT2D eigenvalue weighted by atomic mass is 19.3. The smallest absolute Gasteiger partial charge is 0.387 e. The van der Waals surface area contributed by atoms with Gasteiger partial charge in [-0.3, -0.25) is 0 Å². The van der Waals surface area contributed by atoms with E-state index in [1.807, 2.05) is 0 Å². The Morgan fingerprint density at radius 2 is 1.93 bits per heavy atom. The van der Waals surface area contributed by atoms with Crippen LogP contribution in [0.15, 0.2) is 36.9 Å². The van der Waals surface area contributed by atoms with Crippen LogP contribution in [0.1, 0.15) is 18.0 Å². The van der Waals surface area contributed by atoms with Crippen LogP contribution in [0.25, 0.3) is 0 Å². The maximum atomic E-state index is 11.8. The van der Waals surface area contributed by atoms with Gasteiger partial charge < -0.3 is 10.5 Å². The lowest BCUT2D eigenvalue weighted by molar-refractivity contribution is -0.0498. The first kappa shape index (κ1) is 11.7. The molecule has 0 aromatic heterocycles. The minimum absolute atomic E-state index is 0.138. The van der Waals surface area contributed by atoms with Crippen LogP contribution in [-0.2, 0) is 0 Å². The van der Waals surface area contributed by atoms with E-state index in [1.165, 1.54) is 12.1 Å². The second kappa shape index (κ2) is 5.46. The Labute approximate surface area is 87.4 Å². The summed E-state index contributed by atoms with van der Waals surface area (Å²) in [6, 6.07) is 6.15. The van der Waals surface area contributed by atoms with Gasteiger partial charge in [-0.05, 0) is 24.1 Å². The Kier molecular flexibility index (Phi) is 4.24. The number of hydrogen-bond donors (Lipinski definition) is 1. The van der Waals surface area contributed by atoms with Crippen molar-refractivity contribution in [1.82, 2.24) is 0 Å². The molecule has 0 unspecified atom stereocenters. The molecule has 82 valence electrons. The van der Waals surface area contributed by atoms with E-state index < -0.39 is 6.61 Å². The molecule has 0 amide bonds. The first-order valence-electron chi connectivity index (χ1n) is 4.54. The zero-order chi connectivity index (χ0) is 11.3. The molecule has 0 aliphatic heterocycles. The van der Waals surface area contributed by atoms with Crippen molar-refractivity contribution in [3.63, 3.8) is 0 Å². The lowest BCUT2D eigenvalue weighted by Crippen LogP contribution is -2.09. The normalized spacial score (nSPS) is 12.5. The van der Waals surface area contributed by atoms with E-state index in [2.05, 4.69) is 11.3 Å². The highest BCUT2D eigenvalue weighted by Gasteiger charge is 2.06. The monoisotopic (exact) mass is 213 g/mol. The minimum atomic E-state index is -2.79. The Bertz CT molecular complexity index is 311. The molecule has 0 spiro atoms. The molecule has 1 atom stereocenters. The molecule has 0 aliphatic rings. The van der Waals surface area contributed by atoms with Crippen LogP contribution in [-0.4, -0.2) is 6.61 Å². The Morgan fingerprint density at radius 3 is 2.40 bits per heavy atom. The van der Waals surface area contributed by atoms with Crippen LogP contribution in [0.5, 0.6) is 5.75 Å². The SMILES string of the molecule is C=CC[C@H](N)c1ccc(OC(F)F)cc1. The fourth-order valence-electron chi connectivity index (χ4n) is 1.21. The molecule has 0 saturated heterocycles.